The van der Waals surface area contributed by atoms with E-state index >= 15 is 0 Å². The van der Waals surface area contributed by atoms with Crippen LogP contribution >= 0.6 is 0 Å². The van der Waals surface area contributed by atoms with Crippen LogP contribution in [0.25, 0.3) is 0 Å². The van der Waals surface area contributed by atoms with Crippen LogP contribution in [0, 0.1) is 11.8 Å². The number of hydrogen-bond acceptors (Lipinski definition) is 5. The quantitative estimate of drug-likeness (QED) is 0.784. The van der Waals surface area contributed by atoms with E-state index in [4.69, 9.17) is 0 Å². The van der Waals surface area contributed by atoms with Gasteiger partial charge in [-0.1, -0.05) is 6.42 Å². The summed E-state index contributed by atoms with van der Waals surface area (Å²) in [5.41, 5.74) is -1.03. The topological polar surface area (TPSA) is 81.6 Å². The van der Waals surface area contributed by atoms with E-state index in [0.29, 0.717) is 37.0 Å². The van der Waals surface area contributed by atoms with Crippen LogP contribution in [0.1, 0.15) is 36.0 Å². The van der Waals surface area contributed by atoms with E-state index in [2.05, 4.69) is 28.9 Å². The zero-order chi connectivity index (χ0) is 20.0. The lowest BCUT2D eigenvalue weighted by Gasteiger charge is -2.57. The lowest BCUT2D eigenvalue weighted by Crippen LogP contribution is -2.66. The summed E-state index contributed by atoms with van der Waals surface area (Å²) >= 11 is 0. The van der Waals surface area contributed by atoms with E-state index in [9.17, 15) is 14.4 Å². The Morgan fingerprint density at radius 1 is 1.21 bits per heavy atom. The number of likely N-dealkylation sites (N-methyl/N-ethyl adjacent to an activating group) is 1. The van der Waals surface area contributed by atoms with E-state index in [1.807, 2.05) is 4.90 Å². The van der Waals surface area contributed by atoms with Gasteiger partial charge in [0.1, 0.15) is 5.56 Å². The SMILES string of the molecule is CN(C)C[C@H]1[C@H]2C[C@H](CN(C(=O)c3cn(C)c(=O)[nH]c3=O)C2)[C@@H]2CCCCN21. The molecule has 2 bridgehead atoms. The summed E-state index contributed by atoms with van der Waals surface area (Å²) < 4.78 is 1.26. The highest BCUT2D eigenvalue weighted by Crippen LogP contribution is 2.41. The molecule has 1 aromatic heterocycles. The second-order valence-electron chi connectivity index (χ2n) is 9.01. The zero-order valence-electron chi connectivity index (χ0n) is 17.1. The fourth-order valence-electron chi connectivity index (χ4n) is 5.58. The van der Waals surface area contributed by atoms with Crippen molar-refractivity contribution in [3.8, 4) is 0 Å². The Balaban J connectivity index is 1.62. The van der Waals surface area contributed by atoms with Crippen LogP contribution in [0.3, 0.4) is 0 Å². The van der Waals surface area contributed by atoms with Crippen LogP contribution in [0.2, 0.25) is 0 Å². The second-order valence-corrected chi connectivity index (χ2v) is 9.01. The van der Waals surface area contributed by atoms with Gasteiger partial charge in [0, 0.05) is 45.0 Å². The number of aromatic nitrogens is 2. The van der Waals surface area contributed by atoms with Crippen molar-refractivity contribution < 1.29 is 4.79 Å². The van der Waals surface area contributed by atoms with E-state index in [1.165, 1.54) is 30.0 Å². The van der Waals surface area contributed by atoms with Crippen LogP contribution in [-0.2, 0) is 7.05 Å². The largest absolute Gasteiger partial charge is 0.338 e. The molecule has 0 unspecified atom stereocenters. The number of nitrogens with one attached hydrogen (secondary N) is 1. The van der Waals surface area contributed by atoms with Crippen LogP contribution in [0.4, 0.5) is 0 Å². The summed E-state index contributed by atoms with van der Waals surface area (Å²) in [6.45, 7) is 3.54. The number of carbonyl (C=O) groups is 1. The molecular weight excluding hydrogens is 358 g/mol. The lowest BCUT2D eigenvalue weighted by molar-refractivity contribution is -0.0703. The van der Waals surface area contributed by atoms with Crippen molar-refractivity contribution in [2.24, 2.45) is 18.9 Å². The predicted molar refractivity (Wildman–Crippen MR) is 106 cm³/mol. The molecule has 1 N–H and O–H groups in total. The van der Waals surface area contributed by atoms with Crippen molar-refractivity contribution in [2.45, 2.75) is 37.8 Å². The molecule has 0 spiro atoms. The molecule has 0 aromatic carbocycles. The van der Waals surface area contributed by atoms with Gasteiger partial charge in [0.15, 0.2) is 0 Å². The van der Waals surface area contributed by atoms with Gasteiger partial charge in [-0.15, -0.1) is 0 Å². The number of amides is 1. The van der Waals surface area contributed by atoms with Gasteiger partial charge >= 0.3 is 5.69 Å². The Labute approximate surface area is 165 Å². The number of aryl methyl sites for hydroxylation is 1. The molecule has 28 heavy (non-hydrogen) atoms. The van der Waals surface area contributed by atoms with Crippen molar-refractivity contribution in [2.75, 3.05) is 40.3 Å². The van der Waals surface area contributed by atoms with Crippen molar-refractivity contribution in [1.82, 2.24) is 24.3 Å². The number of fused-ring (bicyclic) bond motifs is 4. The fraction of sp³-hybridized carbons (Fsp3) is 0.750. The van der Waals surface area contributed by atoms with Crippen molar-refractivity contribution in [3.05, 3.63) is 32.6 Å². The van der Waals surface area contributed by atoms with Gasteiger partial charge < -0.3 is 14.4 Å². The Bertz CT molecular complexity index is 860. The number of rotatable bonds is 3. The van der Waals surface area contributed by atoms with Gasteiger partial charge in [-0.2, -0.15) is 0 Å². The van der Waals surface area contributed by atoms with E-state index in [1.54, 1.807) is 7.05 Å². The highest BCUT2D eigenvalue weighted by molar-refractivity contribution is 5.93. The van der Waals surface area contributed by atoms with Gasteiger partial charge in [0.2, 0.25) is 0 Å². The molecule has 0 aliphatic carbocycles. The molecule has 4 atom stereocenters. The Kier molecular flexibility index (Phi) is 5.18. The summed E-state index contributed by atoms with van der Waals surface area (Å²) in [4.78, 5) is 46.1. The average molecular weight is 390 g/mol. The summed E-state index contributed by atoms with van der Waals surface area (Å²) in [5, 5.41) is 0. The molecular formula is C20H31N5O3. The zero-order valence-corrected chi connectivity index (χ0v) is 17.1. The molecule has 3 aliphatic rings. The first-order chi connectivity index (χ1) is 13.3. The number of likely N-dealkylation sites (tertiary alicyclic amines) is 1. The average Bonchev–Trinajstić information content (AvgIpc) is 2.67. The Hall–Kier alpha value is -1.93. The molecule has 1 amide bonds. The molecule has 3 aliphatic heterocycles. The number of hydrogen-bond donors (Lipinski definition) is 1. The molecule has 8 heteroatoms. The fourth-order valence-corrected chi connectivity index (χ4v) is 5.58. The van der Waals surface area contributed by atoms with Crippen LogP contribution in [0.15, 0.2) is 15.8 Å². The van der Waals surface area contributed by atoms with Gasteiger partial charge in [0.25, 0.3) is 11.5 Å². The predicted octanol–water partition coefficient (Wildman–Crippen LogP) is -0.0498. The van der Waals surface area contributed by atoms with Crippen molar-refractivity contribution in [3.63, 3.8) is 0 Å². The minimum Gasteiger partial charge on any atom is -0.338 e. The maximum absolute atomic E-state index is 13.2. The van der Waals surface area contributed by atoms with Crippen molar-refractivity contribution >= 4 is 5.91 Å². The van der Waals surface area contributed by atoms with Crippen LogP contribution < -0.4 is 11.2 Å². The molecule has 4 rings (SSSR count). The highest BCUT2D eigenvalue weighted by Gasteiger charge is 2.48. The smallest absolute Gasteiger partial charge is 0.328 e. The number of H-pyrrole nitrogens is 1. The van der Waals surface area contributed by atoms with Gasteiger partial charge in [-0.3, -0.25) is 19.5 Å². The molecule has 3 saturated heterocycles. The second kappa shape index (κ2) is 7.48. The first kappa shape index (κ1) is 19.4. The third kappa shape index (κ3) is 3.43. The monoisotopic (exact) mass is 389 g/mol. The van der Waals surface area contributed by atoms with Gasteiger partial charge in [-0.05, 0) is 51.7 Å². The summed E-state index contributed by atoms with van der Waals surface area (Å²) in [5.74, 6) is 0.638. The lowest BCUT2D eigenvalue weighted by atomic mass is 9.72. The van der Waals surface area contributed by atoms with E-state index < -0.39 is 11.2 Å². The standard InChI is InChI=1S/C20H31N5O3/c1-22(2)12-17-14-8-13(16-6-4-5-7-25(16)17)9-24(10-14)19(27)15-11-23(3)20(28)21-18(15)26/h11,13-14,16-17H,4-10,12H2,1-3H3,(H,21,26,28)/t13-,14+,16+,17+/m1/s1. The Morgan fingerprint density at radius 2 is 1.96 bits per heavy atom. The van der Waals surface area contributed by atoms with E-state index in [-0.39, 0.29) is 11.5 Å². The maximum atomic E-state index is 13.2. The third-order valence-electron chi connectivity index (χ3n) is 6.80. The molecule has 4 heterocycles. The van der Waals surface area contributed by atoms with Gasteiger partial charge in [0.05, 0.1) is 0 Å². The van der Waals surface area contributed by atoms with Crippen LogP contribution in [-0.4, -0.2) is 82.5 Å². The normalized spacial score (nSPS) is 30.4. The molecule has 1 aromatic rings. The highest BCUT2D eigenvalue weighted by atomic mass is 16.2. The maximum Gasteiger partial charge on any atom is 0.328 e. The molecule has 3 fully saturated rings. The summed E-state index contributed by atoms with van der Waals surface area (Å²) in [7, 11) is 5.77. The first-order valence-corrected chi connectivity index (χ1v) is 10.3. The Morgan fingerprint density at radius 3 is 2.71 bits per heavy atom. The minimum atomic E-state index is -0.590. The third-order valence-corrected chi connectivity index (χ3v) is 6.80. The number of nitrogens with zero attached hydrogens (tertiary/aromatic N) is 4. The summed E-state index contributed by atoms with van der Waals surface area (Å²) in [6, 6.07) is 0.981. The number of piperidine rings is 3. The minimum absolute atomic E-state index is 0.0618. The number of carbonyl (C=O) groups excluding carboxylic acids is 1. The summed E-state index contributed by atoms with van der Waals surface area (Å²) in [6.07, 6.45) is 6.25. The van der Waals surface area contributed by atoms with E-state index in [0.717, 1.165) is 19.5 Å². The first-order valence-electron chi connectivity index (χ1n) is 10.3. The van der Waals surface area contributed by atoms with Crippen LogP contribution in [0.5, 0.6) is 0 Å². The van der Waals surface area contributed by atoms with Crippen molar-refractivity contribution in [1.29, 1.82) is 0 Å². The molecule has 8 nitrogen and oxygen atoms in total. The molecule has 154 valence electrons. The molecule has 0 radical (unpaired) electrons. The number of aromatic amines is 1. The van der Waals surface area contributed by atoms with Gasteiger partial charge in [-0.25, -0.2) is 4.79 Å². The molecule has 0 saturated carbocycles.